The molecule has 1 rings (SSSR count). The Kier molecular flexibility index (Phi) is 14.3. The summed E-state index contributed by atoms with van der Waals surface area (Å²) in [5.74, 6) is -0.396. The third kappa shape index (κ3) is 9.17. The summed E-state index contributed by atoms with van der Waals surface area (Å²) in [5, 5.41) is 0. The van der Waals surface area contributed by atoms with Crippen LogP contribution in [0.5, 0.6) is 0 Å². The van der Waals surface area contributed by atoms with Crippen molar-refractivity contribution < 1.29 is 19.1 Å². The predicted octanol–water partition coefficient (Wildman–Crippen LogP) is 8.72. The van der Waals surface area contributed by atoms with Gasteiger partial charge in [0.25, 0.3) is 0 Å². The van der Waals surface area contributed by atoms with Gasteiger partial charge in [0.1, 0.15) is 0 Å². The highest BCUT2D eigenvalue weighted by Crippen LogP contribution is 2.36. The number of esters is 2. The minimum Gasteiger partial charge on any atom is -0.462 e. The second-order valence-corrected chi connectivity index (χ2v) is 10.4. The Labute approximate surface area is 212 Å². The van der Waals surface area contributed by atoms with Gasteiger partial charge in [-0.15, -0.1) is 0 Å². The average Bonchev–Trinajstić information content (AvgIpc) is 2.75. The zero-order valence-electron chi connectivity index (χ0n) is 19.1. The number of carbonyl (C=O) groups is 2. The van der Waals surface area contributed by atoms with Crippen molar-refractivity contribution in [3.63, 3.8) is 0 Å². The number of halogens is 3. The number of hydrogen-bond acceptors (Lipinski definition) is 4. The van der Waals surface area contributed by atoms with Gasteiger partial charge in [0, 0.05) is 13.4 Å². The molecule has 0 aliphatic carbocycles. The average molecular weight is 627 g/mol. The number of hydrogen-bond donors (Lipinski definition) is 0. The summed E-state index contributed by atoms with van der Waals surface area (Å²) in [6, 6.07) is 1.74. The maximum Gasteiger partial charge on any atom is 0.340 e. The van der Waals surface area contributed by atoms with Crippen molar-refractivity contribution in [1.82, 2.24) is 0 Å². The van der Waals surface area contributed by atoms with Gasteiger partial charge in [0.15, 0.2) is 0 Å². The summed E-state index contributed by atoms with van der Waals surface area (Å²) in [7, 11) is 0. The molecule has 0 amide bonds. The molecule has 4 nitrogen and oxygen atoms in total. The fraction of sp³-hybridized carbons (Fsp3) is 0.667. The SMILES string of the molecule is CCCCC(CC)COC(=O)c1c(Br)cc(Br)c(Br)c1C(=O)OCC(CC)CCCC. The van der Waals surface area contributed by atoms with Crippen molar-refractivity contribution >= 4 is 59.7 Å². The molecule has 2 atom stereocenters. The molecule has 7 heteroatoms. The molecule has 0 fully saturated rings. The molecule has 0 radical (unpaired) electrons. The molecule has 0 saturated carbocycles. The van der Waals surface area contributed by atoms with Gasteiger partial charge in [0.2, 0.25) is 0 Å². The first-order valence-electron chi connectivity index (χ1n) is 11.3. The van der Waals surface area contributed by atoms with Gasteiger partial charge >= 0.3 is 11.9 Å². The van der Waals surface area contributed by atoms with Crippen molar-refractivity contribution in [2.75, 3.05) is 13.2 Å². The maximum atomic E-state index is 13.0. The lowest BCUT2D eigenvalue weighted by Gasteiger charge is -2.19. The van der Waals surface area contributed by atoms with Gasteiger partial charge in [-0.25, -0.2) is 9.59 Å². The van der Waals surface area contributed by atoms with E-state index in [9.17, 15) is 9.59 Å². The normalized spacial score (nSPS) is 13.0. The van der Waals surface area contributed by atoms with Crippen LogP contribution in [0, 0.1) is 11.8 Å². The van der Waals surface area contributed by atoms with Gasteiger partial charge in [-0.2, -0.15) is 0 Å². The second-order valence-electron chi connectivity index (χ2n) is 7.93. The summed E-state index contributed by atoms with van der Waals surface area (Å²) in [5.41, 5.74) is 0.394. The van der Waals surface area contributed by atoms with Crippen LogP contribution in [0.15, 0.2) is 19.5 Å². The van der Waals surface area contributed by atoms with Crippen LogP contribution in [0.25, 0.3) is 0 Å². The molecule has 0 aliphatic rings. The van der Waals surface area contributed by atoms with E-state index in [1.807, 2.05) is 0 Å². The van der Waals surface area contributed by atoms with Crippen molar-refractivity contribution in [3.05, 3.63) is 30.6 Å². The molecule has 0 bridgehead atoms. The summed E-state index contributed by atoms with van der Waals surface area (Å²) in [6.45, 7) is 9.20. The van der Waals surface area contributed by atoms with E-state index in [1.165, 1.54) is 0 Å². The van der Waals surface area contributed by atoms with Crippen molar-refractivity contribution in [3.8, 4) is 0 Å². The van der Waals surface area contributed by atoms with E-state index in [0.717, 1.165) is 51.4 Å². The Bertz CT molecular complexity index is 721. The Morgan fingerprint density at radius 3 is 1.65 bits per heavy atom. The monoisotopic (exact) mass is 624 g/mol. The molecule has 1 aromatic carbocycles. The number of ether oxygens (including phenoxy) is 2. The fourth-order valence-electron chi connectivity index (χ4n) is 3.31. The molecular weight excluding hydrogens is 592 g/mol. The first-order valence-corrected chi connectivity index (χ1v) is 13.7. The molecule has 31 heavy (non-hydrogen) atoms. The van der Waals surface area contributed by atoms with Crippen LogP contribution in [-0.2, 0) is 9.47 Å². The number of unbranched alkanes of at least 4 members (excludes halogenated alkanes) is 2. The highest BCUT2D eigenvalue weighted by atomic mass is 79.9. The van der Waals surface area contributed by atoms with Gasteiger partial charge in [-0.3, -0.25) is 0 Å². The van der Waals surface area contributed by atoms with Crippen LogP contribution in [0.4, 0.5) is 0 Å². The van der Waals surface area contributed by atoms with E-state index in [4.69, 9.17) is 9.47 Å². The third-order valence-electron chi connectivity index (χ3n) is 5.57. The van der Waals surface area contributed by atoms with E-state index in [-0.39, 0.29) is 11.1 Å². The van der Waals surface area contributed by atoms with E-state index in [0.29, 0.717) is 38.5 Å². The Morgan fingerprint density at radius 1 is 0.774 bits per heavy atom. The van der Waals surface area contributed by atoms with Gasteiger partial charge in [0.05, 0.1) is 24.3 Å². The molecule has 0 aliphatic heterocycles. The van der Waals surface area contributed by atoms with E-state index < -0.39 is 11.9 Å². The molecule has 0 spiro atoms. The maximum absolute atomic E-state index is 13.0. The van der Waals surface area contributed by atoms with Gasteiger partial charge in [-0.1, -0.05) is 66.2 Å². The minimum atomic E-state index is -0.520. The Hall–Kier alpha value is -0.400. The lowest BCUT2D eigenvalue weighted by atomic mass is 10.0. The second kappa shape index (κ2) is 15.4. The lowest BCUT2D eigenvalue weighted by Crippen LogP contribution is -2.20. The highest BCUT2D eigenvalue weighted by Gasteiger charge is 2.28. The summed E-state index contributed by atoms with van der Waals surface area (Å²) in [6.07, 6.45) is 8.38. The first-order chi connectivity index (χ1) is 14.8. The van der Waals surface area contributed by atoms with Crippen molar-refractivity contribution in [2.45, 2.75) is 79.1 Å². The Morgan fingerprint density at radius 2 is 1.23 bits per heavy atom. The van der Waals surface area contributed by atoms with Crippen LogP contribution in [0.3, 0.4) is 0 Å². The smallest absolute Gasteiger partial charge is 0.340 e. The van der Waals surface area contributed by atoms with Crippen LogP contribution in [0.1, 0.15) is 99.8 Å². The lowest BCUT2D eigenvalue weighted by molar-refractivity contribution is 0.0379. The number of carbonyl (C=O) groups excluding carboxylic acids is 2. The predicted molar refractivity (Wildman–Crippen MR) is 137 cm³/mol. The number of rotatable bonds is 14. The zero-order chi connectivity index (χ0) is 23.4. The van der Waals surface area contributed by atoms with Crippen LogP contribution < -0.4 is 0 Å². The quantitative estimate of drug-likeness (QED) is 0.153. The zero-order valence-corrected chi connectivity index (χ0v) is 23.8. The molecule has 0 saturated heterocycles. The van der Waals surface area contributed by atoms with Crippen molar-refractivity contribution in [2.24, 2.45) is 11.8 Å². The number of benzene rings is 1. The van der Waals surface area contributed by atoms with Gasteiger partial charge < -0.3 is 9.47 Å². The molecule has 1 aromatic rings. The van der Waals surface area contributed by atoms with Crippen LogP contribution >= 0.6 is 47.8 Å². The molecule has 0 aromatic heterocycles. The fourth-order valence-corrected chi connectivity index (χ4v) is 5.11. The molecular formula is C24H35Br3O4. The van der Waals surface area contributed by atoms with E-state index >= 15 is 0 Å². The van der Waals surface area contributed by atoms with E-state index in [1.54, 1.807) is 6.07 Å². The van der Waals surface area contributed by atoms with Gasteiger partial charge in [-0.05, 0) is 78.5 Å². The highest BCUT2D eigenvalue weighted by molar-refractivity contribution is 9.13. The first kappa shape index (κ1) is 28.6. The summed E-state index contributed by atoms with van der Waals surface area (Å²) in [4.78, 5) is 26.0. The summed E-state index contributed by atoms with van der Waals surface area (Å²) >= 11 is 10.3. The van der Waals surface area contributed by atoms with Crippen molar-refractivity contribution in [1.29, 1.82) is 0 Å². The topological polar surface area (TPSA) is 52.6 Å². The standard InChI is InChI=1S/C24H35Br3O4/c1-5-9-11-16(7-3)14-30-23(28)20-18(25)13-19(26)22(27)21(20)24(29)31-15-17(8-4)12-10-6-2/h13,16-17H,5-12,14-15H2,1-4H3. The van der Waals surface area contributed by atoms with E-state index in [2.05, 4.69) is 75.5 Å². The summed E-state index contributed by atoms with van der Waals surface area (Å²) < 4.78 is 12.9. The van der Waals surface area contributed by atoms with Crippen LogP contribution in [0.2, 0.25) is 0 Å². The van der Waals surface area contributed by atoms with Crippen LogP contribution in [-0.4, -0.2) is 25.2 Å². The molecule has 176 valence electrons. The third-order valence-corrected chi connectivity index (χ3v) is 8.17. The minimum absolute atomic E-state index is 0.193. The Balaban J connectivity index is 3.04. The molecule has 0 N–H and O–H groups in total. The molecule has 0 heterocycles. The largest absolute Gasteiger partial charge is 0.462 e. The molecule has 2 unspecified atom stereocenters.